The first kappa shape index (κ1) is 18.5. The van der Waals surface area contributed by atoms with Gasteiger partial charge in [-0.1, -0.05) is 8.41 Å². The molecule has 0 fully saturated rings. The summed E-state index contributed by atoms with van der Waals surface area (Å²) in [5.41, 5.74) is 0. The second-order valence-electron chi connectivity index (χ2n) is 1.73. The van der Waals surface area contributed by atoms with Crippen LogP contribution in [0.2, 0.25) is 0 Å². The van der Waals surface area contributed by atoms with Crippen molar-refractivity contribution in [2.45, 2.75) is 11.8 Å². The number of alkyl halides is 4. The minimum Gasteiger partial charge on any atom is -0.390 e. The van der Waals surface area contributed by atoms with Gasteiger partial charge in [0.2, 0.25) is 0 Å². The SMILES string of the molecule is OCC(F)(F)C(F)(F)CO.[BH4-].[Na+]. The van der Waals surface area contributed by atoms with Crippen LogP contribution in [0.15, 0.2) is 0 Å². The van der Waals surface area contributed by atoms with E-state index < -0.39 is 25.1 Å². The normalized spacial score (nSPS) is 11.5. The maximum Gasteiger partial charge on any atom is 1.00 e. The molecule has 0 atom stereocenters. The molecule has 0 saturated carbocycles. The second kappa shape index (κ2) is 6.20. The summed E-state index contributed by atoms with van der Waals surface area (Å²) in [6.07, 6.45) is 0. The molecule has 0 amide bonds. The van der Waals surface area contributed by atoms with Crippen molar-refractivity contribution in [3.05, 3.63) is 0 Å². The summed E-state index contributed by atoms with van der Waals surface area (Å²) >= 11 is 0. The van der Waals surface area contributed by atoms with E-state index in [9.17, 15) is 17.6 Å². The van der Waals surface area contributed by atoms with Crippen LogP contribution in [0.4, 0.5) is 17.6 Å². The number of hydrogen-bond acceptors (Lipinski definition) is 2. The van der Waals surface area contributed by atoms with Crippen LogP contribution in [0, 0.1) is 0 Å². The smallest absolute Gasteiger partial charge is 0.390 e. The van der Waals surface area contributed by atoms with Gasteiger partial charge in [0.1, 0.15) is 13.2 Å². The largest absolute Gasteiger partial charge is 1.00 e. The number of rotatable bonds is 3. The van der Waals surface area contributed by atoms with Crippen LogP contribution in [0.5, 0.6) is 0 Å². The molecule has 2 N–H and O–H groups in total. The van der Waals surface area contributed by atoms with Crippen molar-refractivity contribution in [2.75, 3.05) is 13.2 Å². The van der Waals surface area contributed by atoms with Gasteiger partial charge in [0.25, 0.3) is 0 Å². The van der Waals surface area contributed by atoms with E-state index >= 15 is 0 Å². The zero-order valence-corrected chi connectivity index (χ0v) is 7.82. The molecule has 0 unspecified atom stereocenters. The molecule has 70 valence electrons. The molecule has 0 aliphatic heterocycles. The zero-order valence-electron chi connectivity index (χ0n) is 5.82. The zero-order chi connectivity index (χ0) is 8.41. The first-order chi connectivity index (χ1) is 4.37. The van der Waals surface area contributed by atoms with Crippen LogP contribution in [0.25, 0.3) is 0 Å². The van der Waals surface area contributed by atoms with Gasteiger partial charge < -0.3 is 10.2 Å². The number of hydrogen-bond donors (Lipinski definition) is 2. The van der Waals surface area contributed by atoms with Crippen LogP contribution in [0.3, 0.4) is 0 Å². The van der Waals surface area contributed by atoms with Gasteiger partial charge in [0, 0.05) is 0 Å². The molecule has 2 nitrogen and oxygen atoms in total. The fourth-order valence-corrected chi connectivity index (χ4v) is 0.231. The molecule has 0 aliphatic carbocycles. The quantitative estimate of drug-likeness (QED) is 0.358. The monoisotopic (exact) mass is 200 g/mol. The molecule has 0 aromatic rings. The van der Waals surface area contributed by atoms with Gasteiger partial charge in [-0.05, 0) is 0 Å². The molecule has 12 heavy (non-hydrogen) atoms. The molecule has 0 rings (SSSR count). The van der Waals surface area contributed by atoms with E-state index in [-0.39, 0.29) is 38.0 Å². The van der Waals surface area contributed by atoms with E-state index in [1.54, 1.807) is 0 Å². The van der Waals surface area contributed by atoms with Gasteiger partial charge in [0.05, 0.1) is 0 Å². The Hall–Kier alpha value is 0.705. The third-order valence-corrected chi connectivity index (χ3v) is 0.932. The van der Waals surface area contributed by atoms with E-state index in [0.29, 0.717) is 0 Å². The average molecular weight is 200 g/mol. The molecule has 0 saturated heterocycles. The van der Waals surface area contributed by atoms with Gasteiger partial charge in [-0.25, -0.2) is 0 Å². The van der Waals surface area contributed by atoms with Crippen molar-refractivity contribution in [2.24, 2.45) is 0 Å². The van der Waals surface area contributed by atoms with Crippen molar-refractivity contribution in [3.8, 4) is 0 Å². The Labute approximate surface area is 90.8 Å². The Bertz CT molecular complexity index is 110. The predicted octanol–water partition coefficient (Wildman–Crippen LogP) is -4.21. The molecule has 0 radical (unpaired) electrons. The second-order valence-corrected chi connectivity index (χ2v) is 1.73. The predicted molar refractivity (Wildman–Crippen MR) is 35.4 cm³/mol. The Morgan fingerprint density at radius 2 is 1.00 bits per heavy atom. The van der Waals surface area contributed by atoms with Gasteiger partial charge in [-0.3, -0.25) is 0 Å². The number of aliphatic hydroxyl groups is 2. The third-order valence-electron chi connectivity index (χ3n) is 0.932. The van der Waals surface area contributed by atoms with Gasteiger partial charge in [-0.2, -0.15) is 17.6 Å². The Kier molecular flexibility index (Phi) is 9.55. The number of aliphatic hydroxyl groups excluding tert-OH is 2. The molecular weight excluding hydrogens is 190 g/mol. The molecule has 0 aliphatic rings. The molecule has 0 bridgehead atoms. The van der Waals surface area contributed by atoms with Crippen molar-refractivity contribution in [1.29, 1.82) is 0 Å². The summed E-state index contributed by atoms with van der Waals surface area (Å²) in [4.78, 5) is 0. The van der Waals surface area contributed by atoms with Crippen molar-refractivity contribution in [1.82, 2.24) is 0 Å². The first-order valence-electron chi connectivity index (χ1n) is 2.35. The fraction of sp³-hybridized carbons (Fsp3) is 1.00. The van der Waals surface area contributed by atoms with E-state index in [1.165, 1.54) is 0 Å². The first-order valence-corrected chi connectivity index (χ1v) is 2.35. The van der Waals surface area contributed by atoms with Crippen LogP contribution < -0.4 is 29.6 Å². The van der Waals surface area contributed by atoms with Crippen LogP contribution in [-0.2, 0) is 0 Å². The van der Waals surface area contributed by atoms with Gasteiger partial charge >= 0.3 is 41.4 Å². The summed E-state index contributed by atoms with van der Waals surface area (Å²) in [5.74, 6) is -9.08. The van der Waals surface area contributed by atoms with E-state index in [1.807, 2.05) is 0 Å². The number of halogens is 4. The molecule has 0 heterocycles. The van der Waals surface area contributed by atoms with Crippen LogP contribution in [-0.4, -0.2) is 43.7 Å². The van der Waals surface area contributed by atoms with E-state index in [0.717, 1.165) is 0 Å². The molecule has 8 heteroatoms. The Morgan fingerprint density at radius 1 is 0.833 bits per heavy atom. The van der Waals surface area contributed by atoms with E-state index in [4.69, 9.17) is 10.2 Å². The Balaban J connectivity index is -0.000000405. The molecule has 0 aromatic carbocycles. The molecule has 0 aromatic heterocycles. The topological polar surface area (TPSA) is 40.5 Å². The maximum absolute atomic E-state index is 11.8. The van der Waals surface area contributed by atoms with Gasteiger partial charge in [0.15, 0.2) is 0 Å². The van der Waals surface area contributed by atoms with Crippen LogP contribution >= 0.6 is 0 Å². The summed E-state index contributed by atoms with van der Waals surface area (Å²) in [6, 6.07) is 0. The van der Waals surface area contributed by atoms with Crippen molar-refractivity contribution >= 4 is 8.41 Å². The summed E-state index contributed by atoms with van der Waals surface area (Å²) in [5, 5.41) is 15.4. The summed E-state index contributed by atoms with van der Waals surface area (Å²) in [6.45, 7) is -3.94. The Morgan fingerprint density at radius 3 is 1.08 bits per heavy atom. The van der Waals surface area contributed by atoms with Gasteiger partial charge in [-0.15, -0.1) is 0 Å². The standard InChI is InChI=1S/C4H6F4O2.BH4.Na/c5-3(6,1-9)4(7,8)2-10;;/h9-10H,1-2H2;1H4;/q;-1;+1. The van der Waals surface area contributed by atoms with E-state index in [2.05, 4.69) is 0 Å². The molecular formula is C4H10BF4NaO2. The summed E-state index contributed by atoms with van der Waals surface area (Å²) in [7, 11) is 0. The molecule has 0 spiro atoms. The minimum atomic E-state index is -4.54. The summed E-state index contributed by atoms with van der Waals surface area (Å²) < 4.78 is 47.1. The van der Waals surface area contributed by atoms with Crippen molar-refractivity contribution < 1.29 is 57.3 Å². The third kappa shape index (κ3) is 4.09. The minimum absolute atomic E-state index is 0. The maximum atomic E-state index is 11.8. The average Bonchev–Trinajstić information content (AvgIpc) is 1.88. The van der Waals surface area contributed by atoms with Crippen LogP contribution in [0.1, 0.15) is 0 Å². The fourth-order valence-electron chi connectivity index (χ4n) is 0.231. The van der Waals surface area contributed by atoms with Crippen molar-refractivity contribution in [3.63, 3.8) is 0 Å².